The third-order valence-corrected chi connectivity index (χ3v) is 9.45. The molecular formula is C24H40O2. The lowest BCUT2D eigenvalue weighted by Crippen LogP contribution is -2.50. The highest BCUT2D eigenvalue weighted by Crippen LogP contribution is 2.66. The first-order valence-corrected chi connectivity index (χ1v) is 11.4. The van der Waals surface area contributed by atoms with Crippen molar-refractivity contribution < 1.29 is 10.2 Å². The van der Waals surface area contributed by atoms with Gasteiger partial charge in [0.1, 0.15) is 0 Å². The highest BCUT2D eigenvalue weighted by molar-refractivity contribution is 5.25. The number of rotatable bonds is 4. The van der Waals surface area contributed by atoms with Crippen LogP contribution in [0.1, 0.15) is 91.4 Å². The molecule has 0 bridgehead atoms. The van der Waals surface area contributed by atoms with Crippen LogP contribution in [0.2, 0.25) is 0 Å². The van der Waals surface area contributed by atoms with Gasteiger partial charge < -0.3 is 10.2 Å². The van der Waals surface area contributed by atoms with Crippen LogP contribution < -0.4 is 0 Å². The van der Waals surface area contributed by atoms with Gasteiger partial charge in [-0.05, 0) is 98.7 Å². The van der Waals surface area contributed by atoms with Crippen LogP contribution in [0.15, 0.2) is 11.6 Å². The van der Waals surface area contributed by atoms with Crippen molar-refractivity contribution in [2.75, 3.05) is 0 Å². The number of allylic oxidation sites excluding steroid dienone is 1. The van der Waals surface area contributed by atoms with E-state index in [2.05, 4.69) is 26.8 Å². The van der Waals surface area contributed by atoms with Crippen molar-refractivity contribution >= 4 is 0 Å². The number of hydrogen-bond donors (Lipinski definition) is 2. The predicted molar refractivity (Wildman–Crippen MR) is 107 cm³/mol. The van der Waals surface area contributed by atoms with Crippen LogP contribution in [0.5, 0.6) is 0 Å². The fourth-order valence-electron chi connectivity index (χ4n) is 7.92. The molecule has 0 spiro atoms. The second kappa shape index (κ2) is 6.92. The van der Waals surface area contributed by atoms with E-state index in [1.165, 1.54) is 38.5 Å². The van der Waals surface area contributed by atoms with Gasteiger partial charge in [-0.3, -0.25) is 0 Å². The third kappa shape index (κ3) is 2.91. The Morgan fingerprint density at radius 1 is 1.12 bits per heavy atom. The van der Waals surface area contributed by atoms with Gasteiger partial charge in [0, 0.05) is 0 Å². The highest BCUT2D eigenvalue weighted by atomic mass is 16.3. The SMILES string of the molecule is CCCC(O)C[C@H]1CCC2C3CC=C4CC(O)CC[C@]4(C)C3CC[C@@]21C. The van der Waals surface area contributed by atoms with E-state index in [-0.39, 0.29) is 12.2 Å². The molecule has 4 aliphatic rings. The van der Waals surface area contributed by atoms with E-state index in [9.17, 15) is 10.2 Å². The number of aliphatic hydroxyl groups is 2. The van der Waals surface area contributed by atoms with Gasteiger partial charge in [0.05, 0.1) is 12.2 Å². The summed E-state index contributed by atoms with van der Waals surface area (Å²) in [6, 6.07) is 0. The van der Waals surface area contributed by atoms with Crippen LogP contribution in [0.25, 0.3) is 0 Å². The van der Waals surface area contributed by atoms with E-state index < -0.39 is 0 Å². The normalized spacial score (nSPS) is 49.0. The lowest BCUT2D eigenvalue weighted by molar-refractivity contribution is -0.0556. The summed E-state index contributed by atoms with van der Waals surface area (Å²) in [7, 11) is 0. The highest BCUT2D eigenvalue weighted by Gasteiger charge is 2.58. The van der Waals surface area contributed by atoms with Crippen LogP contribution in [0.3, 0.4) is 0 Å². The van der Waals surface area contributed by atoms with E-state index in [4.69, 9.17) is 0 Å². The molecule has 0 aromatic rings. The topological polar surface area (TPSA) is 40.5 Å². The Hall–Kier alpha value is -0.340. The zero-order valence-corrected chi connectivity index (χ0v) is 17.2. The Bertz CT molecular complexity index is 554. The fourth-order valence-corrected chi connectivity index (χ4v) is 7.92. The molecule has 0 heterocycles. The van der Waals surface area contributed by atoms with Crippen molar-refractivity contribution in [3.63, 3.8) is 0 Å². The van der Waals surface area contributed by atoms with Crippen molar-refractivity contribution in [3.05, 3.63) is 11.6 Å². The summed E-state index contributed by atoms with van der Waals surface area (Å²) in [5.74, 6) is 3.24. The minimum absolute atomic E-state index is 0.0893. The Labute approximate surface area is 160 Å². The maximum Gasteiger partial charge on any atom is 0.0577 e. The first kappa shape index (κ1) is 19.0. The number of aliphatic hydroxyl groups excluding tert-OH is 2. The van der Waals surface area contributed by atoms with Gasteiger partial charge in [-0.15, -0.1) is 0 Å². The van der Waals surface area contributed by atoms with Crippen LogP contribution in [-0.4, -0.2) is 22.4 Å². The van der Waals surface area contributed by atoms with E-state index in [1.54, 1.807) is 5.57 Å². The average molecular weight is 361 g/mol. The lowest BCUT2D eigenvalue weighted by Gasteiger charge is -2.58. The molecule has 2 nitrogen and oxygen atoms in total. The first-order chi connectivity index (χ1) is 12.4. The van der Waals surface area contributed by atoms with Crippen LogP contribution in [0, 0.1) is 34.5 Å². The predicted octanol–water partition coefficient (Wildman–Crippen LogP) is 5.48. The number of fused-ring (bicyclic) bond motifs is 5. The van der Waals surface area contributed by atoms with Crippen LogP contribution in [0.4, 0.5) is 0 Å². The van der Waals surface area contributed by atoms with Gasteiger partial charge in [-0.2, -0.15) is 0 Å². The summed E-state index contributed by atoms with van der Waals surface area (Å²) in [5.41, 5.74) is 2.38. The summed E-state index contributed by atoms with van der Waals surface area (Å²) >= 11 is 0. The summed E-state index contributed by atoms with van der Waals surface area (Å²) in [5, 5.41) is 20.6. The molecule has 2 heteroatoms. The van der Waals surface area contributed by atoms with E-state index in [0.29, 0.717) is 10.8 Å². The summed E-state index contributed by atoms with van der Waals surface area (Å²) in [6.45, 7) is 7.26. The standard InChI is InChI=1S/C24H40O2/c1-4-5-18(25)14-17-7-9-21-20-8-6-16-15-19(26)10-12-23(16,2)22(20)11-13-24(17,21)3/h6,17-22,25-26H,4-5,7-15H2,1-3H3/t17-,18?,19?,20?,21?,22?,23+,24-/m1/s1. The van der Waals surface area contributed by atoms with Crippen molar-refractivity contribution in [3.8, 4) is 0 Å². The lowest BCUT2D eigenvalue weighted by atomic mass is 9.47. The molecular weight excluding hydrogens is 320 g/mol. The van der Waals surface area contributed by atoms with Gasteiger partial charge in [0.25, 0.3) is 0 Å². The molecule has 0 saturated heterocycles. The molecule has 5 unspecified atom stereocenters. The molecule has 0 aromatic carbocycles. The second-order valence-electron chi connectivity index (χ2n) is 10.7. The second-order valence-corrected chi connectivity index (χ2v) is 10.7. The minimum Gasteiger partial charge on any atom is -0.393 e. The van der Waals surface area contributed by atoms with Crippen molar-refractivity contribution in [2.45, 2.75) is 104 Å². The van der Waals surface area contributed by atoms with Gasteiger partial charge in [0.2, 0.25) is 0 Å². The molecule has 4 aliphatic carbocycles. The smallest absolute Gasteiger partial charge is 0.0577 e. The van der Waals surface area contributed by atoms with E-state index in [0.717, 1.165) is 55.8 Å². The van der Waals surface area contributed by atoms with Gasteiger partial charge >= 0.3 is 0 Å². The van der Waals surface area contributed by atoms with Gasteiger partial charge in [-0.25, -0.2) is 0 Å². The molecule has 0 aromatic heterocycles. The Balaban J connectivity index is 1.54. The maximum absolute atomic E-state index is 10.4. The average Bonchev–Trinajstić information content (AvgIpc) is 2.92. The van der Waals surface area contributed by atoms with Crippen molar-refractivity contribution in [1.82, 2.24) is 0 Å². The van der Waals surface area contributed by atoms with Gasteiger partial charge in [0.15, 0.2) is 0 Å². The molecule has 0 aliphatic heterocycles. The first-order valence-electron chi connectivity index (χ1n) is 11.4. The summed E-state index contributed by atoms with van der Waals surface area (Å²) in [4.78, 5) is 0. The molecule has 148 valence electrons. The monoisotopic (exact) mass is 360 g/mol. The van der Waals surface area contributed by atoms with Crippen LogP contribution in [-0.2, 0) is 0 Å². The summed E-state index contributed by atoms with van der Waals surface area (Å²) < 4.78 is 0. The zero-order chi connectivity index (χ0) is 18.5. The Morgan fingerprint density at radius 3 is 2.69 bits per heavy atom. The molecule has 0 radical (unpaired) electrons. The largest absolute Gasteiger partial charge is 0.393 e. The van der Waals surface area contributed by atoms with Crippen molar-refractivity contribution in [1.29, 1.82) is 0 Å². The van der Waals surface area contributed by atoms with Gasteiger partial charge in [-0.1, -0.05) is 38.8 Å². The molecule has 3 fully saturated rings. The quantitative estimate of drug-likeness (QED) is 0.652. The Morgan fingerprint density at radius 2 is 1.92 bits per heavy atom. The minimum atomic E-state index is -0.101. The maximum atomic E-state index is 10.4. The molecule has 4 rings (SSSR count). The number of hydrogen-bond acceptors (Lipinski definition) is 2. The third-order valence-electron chi connectivity index (χ3n) is 9.45. The molecule has 26 heavy (non-hydrogen) atoms. The molecule has 2 N–H and O–H groups in total. The summed E-state index contributed by atoms with van der Waals surface area (Å²) in [6.07, 6.45) is 15.2. The van der Waals surface area contributed by atoms with E-state index >= 15 is 0 Å². The van der Waals surface area contributed by atoms with E-state index in [1.807, 2.05) is 0 Å². The molecule has 0 amide bonds. The zero-order valence-electron chi connectivity index (χ0n) is 17.2. The molecule has 8 atom stereocenters. The van der Waals surface area contributed by atoms with Crippen molar-refractivity contribution in [2.24, 2.45) is 34.5 Å². The van der Waals surface area contributed by atoms with Crippen LogP contribution >= 0.6 is 0 Å². The fraction of sp³-hybridized carbons (Fsp3) is 0.917. The molecule has 3 saturated carbocycles. The Kier molecular flexibility index (Phi) is 5.06.